The molecule has 0 spiro atoms. The second-order valence-corrected chi connectivity index (χ2v) is 6.89. The van der Waals surface area contributed by atoms with Gasteiger partial charge in [0.25, 0.3) is 0 Å². The number of hydrogen-bond acceptors (Lipinski definition) is 2. The largest absolute Gasteiger partial charge is 0.490 e. The molecule has 0 atom stereocenters. The van der Waals surface area contributed by atoms with Crippen LogP contribution in [0.4, 0.5) is 4.39 Å². The van der Waals surface area contributed by atoms with Crippen molar-refractivity contribution in [2.24, 2.45) is 11.8 Å². The van der Waals surface area contributed by atoms with Crippen molar-refractivity contribution < 1.29 is 13.9 Å². The van der Waals surface area contributed by atoms with Gasteiger partial charge in [0.1, 0.15) is 12.4 Å². The van der Waals surface area contributed by atoms with Crippen LogP contribution in [-0.4, -0.2) is 13.2 Å². The average Bonchev–Trinajstić information content (AvgIpc) is 3.02. The summed E-state index contributed by atoms with van der Waals surface area (Å²) in [4.78, 5) is 0. The van der Waals surface area contributed by atoms with E-state index in [4.69, 9.17) is 9.47 Å². The van der Waals surface area contributed by atoms with Gasteiger partial charge in [0.15, 0.2) is 11.6 Å². The minimum Gasteiger partial charge on any atom is -0.490 e. The number of hydrogen-bond donors (Lipinski definition) is 0. The Morgan fingerprint density at radius 1 is 1.04 bits per heavy atom. The third-order valence-electron chi connectivity index (χ3n) is 5.14. The van der Waals surface area contributed by atoms with E-state index in [1.807, 2.05) is 12.1 Å². The highest BCUT2D eigenvalue weighted by atomic mass is 19.1. The van der Waals surface area contributed by atoms with Crippen LogP contribution in [0.15, 0.2) is 24.3 Å². The van der Waals surface area contributed by atoms with Crippen molar-refractivity contribution in [3.05, 3.63) is 35.7 Å². The summed E-state index contributed by atoms with van der Waals surface area (Å²) < 4.78 is 25.8. The van der Waals surface area contributed by atoms with E-state index in [0.717, 1.165) is 5.92 Å². The first kappa shape index (κ1) is 16.4. The molecule has 0 unspecified atom stereocenters. The number of ether oxygens (including phenoxy) is 2. The van der Waals surface area contributed by atoms with E-state index < -0.39 is 0 Å². The highest BCUT2D eigenvalue weighted by Gasteiger charge is 2.18. The van der Waals surface area contributed by atoms with Gasteiger partial charge in [0.2, 0.25) is 0 Å². The van der Waals surface area contributed by atoms with E-state index >= 15 is 0 Å². The number of halogens is 1. The summed E-state index contributed by atoms with van der Waals surface area (Å²) in [6, 6.07) is 3.52. The molecule has 3 rings (SSSR count). The Morgan fingerprint density at radius 3 is 2.48 bits per heavy atom. The Hall–Kier alpha value is -1.51. The summed E-state index contributed by atoms with van der Waals surface area (Å²) in [5, 5.41) is 0. The molecule has 1 aromatic rings. The average molecular weight is 318 g/mol. The second-order valence-electron chi connectivity index (χ2n) is 6.89. The lowest BCUT2D eigenvalue weighted by atomic mass is 9.85. The van der Waals surface area contributed by atoms with E-state index in [1.165, 1.54) is 44.9 Å². The van der Waals surface area contributed by atoms with Gasteiger partial charge in [-0.05, 0) is 56.6 Å². The molecule has 1 aromatic carbocycles. The maximum Gasteiger partial charge on any atom is 0.171 e. The quantitative estimate of drug-likeness (QED) is 0.623. The van der Waals surface area contributed by atoms with Gasteiger partial charge in [-0.2, -0.15) is 0 Å². The molecule has 0 aliphatic heterocycles. The molecule has 126 valence electrons. The van der Waals surface area contributed by atoms with Crippen LogP contribution in [0.3, 0.4) is 0 Å². The van der Waals surface area contributed by atoms with Gasteiger partial charge < -0.3 is 9.47 Å². The van der Waals surface area contributed by atoms with Crippen molar-refractivity contribution in [3.8, 4) is 11.5 Å². The van der Waals surface area contributed by atoms with Crippen LogP contribution in [0.1, 0.15) is 50.5 Å². The molecule has 23 heavy (non-hydrogen) atoms. The molecule has 2 aliphatic rings. The lowest BCUT2D eigenvalue weighted by Gasteiger charge is -2.21. The van der Waals surface area contributed by atoms with E-state index in [-0.39, 0.29) is 5.82 Å². The fraction of sp³-hybridized carbons (Fsp3) is 0.600. The lowest BCUT2D eigenvalue weighted by molar-refractivity contribution is 0.240. The maximum atomic E-state index is 14.4. The predicted octanol–water partition coefficient (Wildman–Crippen LogP) is 5.44. The molecule has 0 aromatic heterocycles. The highest BCUT2D eigenvalue weighted by Crippen LogP contribution is 2.31. The van der Waals surface area contributed by atoms with Crippen LogP contribution in [0, 0.1) is 24.6 Å². The van der Waals surface area contributed by atoms with E-state index in [1.54, 1.807) is 13.0 Å². The van der Waals surface area contributed by atoms with E-state index in [0.29, 0.717) is 36.2 Å². The van der Waals surface area contributed by atoms with Crippen LogP contribution in [0.5, 0.6) is 11.5 Å². The molecule has 0 radical (unpaired) electrons. The molecule has 2 saturated carbocycles. The molecule has 2 nitrogen and oxygen atoms in total. The predicted molar refractivity (Wildman–Crippen MR) is 90.6 cm³/mol. The number of benzene rings is 1. The van der Waals surface area contributed by atoms with Crippen molar-refractivity contribution in [1.82, 2.24) is 0 Å². The third-order valence-corrected chi connectivity index (χ3v) is 5.14. The van der Waals surface area contributed by atoms with Gasteiger partial charge in [0.05, 0.1) is 6.61 Å². The molecule has 2 fully saturated rings. The standard InChI is InChI=1S/C20H27FO2/c1-15-18(22-13-5-10-16-8-4-9-16)11-12-19(20(15)21)23-14-17-6-2-3-7-17/h5,10-12,16-17H,2-4,6-9,13-14H2,1H3/b10-5+. The fourth-order valence-corrected chi connectivity index (χ4v) is 3.31. The fourth-order valence-electron chi connectivity index (χ4n) is 3.31. The number of allylic oxidation sites excluding steroid dienone is 1. The summed E-state index contributed by atoms with van der Waals surface area (Å²) in [6.45, 7) is 2.88. The molecule has 0 N–H and O–H groups in total. The van der Waals surface area contributed by atoms with E-state index in [2.05, 4.69) is 6.08 Å². The summed E-state index contributed by atoms with van der Waals surface area (Å²) in [6.07, 6.45) is 13.1. The van der Waals surface area contributed by atoms with Gasteiger partial charge >= 0.3 is 0 Å². The summed E-state index contributed by atoms with van der Waals surface area (Å²) in [7, 11) is 0. The van der Waals surface area contributed by atoms with Crippen molar-refractivity contribution in [1.29, 1.82) is 0 Å². The summed E-state index contributed by atoms with van der Waals surface area (Å²) in [5.41, 5.74) is 0.533. The molecule has 0 amide bonds. The Balaban J connectivity index is 1.52. The first-order chi connectivity index (χ1) is 11.2. The van der Waals surface area contributed by atoms with Crippen LogP contribution >= 0.6 is 0 Å². The first-order valence-corrected chi connectivity index (χ1v) is 8.95. The Kier molecular flexibility index (Phi) is 5.58. The molecular formula is C20H27FO2. The van der Waals surface area contributed by atoms with Crippen molar-refractivity contribution in [2.45, 2.75) is 51.9 Å². The molecule has 0 bridgehead atoms. The molecule has 0 saturated heterocycles. The Bertz CT molecular complexity index is 543. The zero-order chi connectivity index (χ0) is 16.1. The highest BCUT2D eigenvalue weighted by molar-refractivity contribution is 5.41. The lowest BCUT2D eigenvalue weighted by Crippen LogP contribution is -2.10. The minimum absolute atomic E-state index is 0.288. The van der Waals surface area contributed by atoms with Crippen molar-refractivity contribution >= 4 is 0 Å². The van der Waals surface area contributed by atoms with Crippen LogP contribution in [0.25, 0.3) is 0 Å². The number of rotatable bonds is 7. The smallest absolute Gasteiger partial charge is 0.171 e. The first-order valence-electron chi connectivity index (χ1n) is 8.95. The van der Waals surface area contributed by atoms with Crippen LogP contribution in [-0.2, 0) is 0 Å². The Labute approximate surface area is 138 Å². The van der Waals surface area contributed by atoms with Crippen molar-refractivity contribution in [3.63, 3.8) is 0 Å². The zero-order valence-electron chi connectivity index (χ0n) is 14.0. The minimum atomic E-state index is -0.288. The normalized spacial score (nSPS) is 19.2. The van der Waals surface area contributed by atoms with Gasteiger partial charge in [-0.15, -0.1) is 0 Å². The van der Waals surface area contributed by atoms with Crippen molar-refractivity contribution in [2.75, 3.05) is 13.2 Å². The molecule has 0 heterocycles. The summed E-state index contributed by atoms with van der Waals surface area (Å²) in [5.74, 6) is 1.98. The van der Waals surface area contributed by atoms with Crippen LogP contribution < -0.4 is 9.47 Å². The van der Waals surface area contributed by atoms with Gasteiger partial charge in [-0.1, -0.05) is 31.4 Å². The molecular weight excluding hydrogens is 291 g/mol. The van der Waals surface area contributed by atoms with Gasteiger partial charge in [-0.3, -0.25) is 0 Å². The van der Waals surface area contributed by atoms with Gasteiger partial charge in [-0.25, -0.2) is 4.39 Å². The van der Waals surface area contributed by atoms with Crippen LogP contribution in [0.2, 0.25) is 0 Å². The zero-order valence-corrected chi connectivity index (χ0v) is 14.0. The SMILES string of the molecule is Cc1c(OC/C=C/C2CCC2)ccc(OCC2CCCC2)c1F. The topological polar surface area (TPSA) is 18.5 Å². The van der Waals surface area contributed by atoms with E-state index in [9.17, 15) is 4.39 Å². The Morgan fingerprint density at radius 2 is 1.78 bits per heavy atom. The monoisotopic (exact) mass is 318 g/mol. The van der Waals surface area contributed by atoms with Gasteiger partial charge in [0, 0.05) is 5.56 Å². The third kappa shape index (κ3) is 4.27. The second kappa shape index (κ2) is 7.85. The summed E-state index contributed by atoms with van der Waals surface area (Å²) >= 11 is 0. The molecule has 2 aliphatic carbocycles. The maximum absolute atomic E-state index is 14.4. The molecule has 3 heteroatoms.